The van der Waals surface area contributed by atoms with Gasteiger partial charge in [0.05, 0.1) is 7.11 Å². The lowest BCUT2D eigenvalue weighted by atomic mass is 9.97. The Balaban J connectivity index is 2.05. The minimum absolute atomic E-state index is 0.579. The van der Waals surface area contributed by atoms with Crippen LogP contribution < -0.4 is 15.0 Å². The Morgan fingerprint density at radius 3 is 2.94 bits per heavy atom. The number of piperidine rings is 1. The number of nitrogens with one attached hydrogen (secondary N) is 1. The van der Waals surface area contributed by atoms with Gasteiger partial charge in [0.25, 0.3) is 0 Å². The third-order valence-corrected chi connectivity index (χ3v) is 3.75. The van der Waals surface area contributed by atoms with Crippen molar-refractivity contribution in [2.45, 2.75) is 38.8 Å². The van der Waals surface area contributed by atoms with Gasteiger partial charge in [0.1, 0.15) is 5.75 Å². The van der Waals surface area contributed by atoms with E-state index in [-0.39, 0.29) is 0 Å². The van der Waals surface area contributed by atoms with E-state index in [0.29, 0.717) is 12.1 Å². The van der Waals surface area contributed by atoms with E-state index in [1.54, 1.807) is 7.11 Å². The van der Waals surface area contributed by atoms with Crippen LogP contribution in [0, 0.1) is 0 Å². The summed E-state index contributed by atoms with van der Waals surface area (Å²) >= 11 is 0. The molecule has 3 heteroatoms. The molecule has 1 fully saturated rings. The predicted octanol–water partition coefficient (Wildman–Crippen LogP) is 2.66. The molecule has 2 rings (SSSR count). The summed E-state index contributed by atoms with van der Waals surface area (Å²) in [6.07, 6.45) is 2.43. The van der Waals surface area contributed by atoms with Gasteiger partial charge in [-0.05, 0) is 38.4 Å². The molecule has 2 unspecified atom stereocenters. The predicted molar refractivity (Wildman–Crippen MR) is 76.5 cm³/mol. The number of ether oxygens (including phenoxy) is 1. The Labute approximate surface area is 110 Å². The third kappa shape index (κ3) is 2.96. The molecular weight excluding hydrogens is 224 g/mol. The number of rotatable bonds is 4. The first kappa shape index (κ1) is 13.2. The molecule has 18 heavy (non-hydrogen) atoms. The Kier molecular flexibility index (Phi) is 4.48. The molecular formula is C15H24N2O. The van der Waals surface area contributed by atoms with Crippen molar-refractivity contribution < 1.29 is 4.74 Å². The molecule has 100 valence electrons. The van der Waals surface area contributed by atoms with Crippen LogP contribution in [0.3, 0.4) is 0 Å². The molecule has 0 radical (unpaired) electrons. The van der Waals surface area contributed by atoms with Gasteiger partial charge in [-0.3, -0.25) is 0 Å². The highest BCUT2D eigenvalue weighted by molar-refractivity contribution is 5.51. The minimum Gasteiger partial charge on any atom is -0.497 e. The maximum atomic E-state index is 5.30. The van der Waals surface area contributed by atoms with Crippen molar-refractivity contribution in [3.05, 3.63) is 24.3 Å². The summed E-state index contributed by atoms with van der Waals surface area (Å²) in [7, 11) is 1.72. The van der Waals surface area contributed by atoms with Crippen molar-refractivity contribution in [1.82, 2.24) is 5.32 Å². The molecule has 0 aliphatic carbocycles. The first-order valence-corrected chi connectivity index (χ1v) is 6.88. The second kappa shape index (κ2) is 6.10. The lowest BCUT2D eigenvalue weighted by Crippen LogP contribution is -2.47. The highest BCUT2D eigenvalue weighted by Gasteiger charge is 2.25. The molecule has 2 atom stereocenters. The van der Waals surface area contributed by atoms with Crippen molar-refractivity contribution in [1.29, 1.82) is 0 Å². The number of hydrogen-bond donors (Lipinski definition) is 1. The van der Waals surface area contributed by atoms with Crippen LogP contribution in [0.2, 0.25) is 0 Å². The normalized spacial score (nSPS) is 24.1. The average Bonchev–Trinajstić information content (AvgIpc) is 2.39. The standard InChI is InChI=1S/C15H24N2O/c1-4-16-13-8-9-17(12(2)10-13)14-6-5-7-15(11-14)18-3/h5-7,11-13,16H,4,8-10H2,1-3H3. The highest BCUT2D eigenvalue weighted by Crippen LogP contribution is 2.27. The zero-order valence-corrected chi connectivity index (χ0v) is 11.6. The monoisotopic (exact) mass is 248 g/mol. The van der Waals surface area contributed by atoms with Crippen LogP contribution in [-0.4, -0.2) is 32.3 Å². The van der Waals surface area contributed by atoms with Gasteiger partial charge in [0.15, 0.2) is 0 Å². The summed E-state index contributed by atoms with van der Waals surface area (Å²) in [6, 6.07) is 9.62. The van der Waals surface area contributed by atoms with Crippen molar-refractivity contribution in [2.75, 3.05) is 25.1 Å². The molecule has 1 aliphatic rings. The fourth-order valence-corrected chi connectivity index (χ4v) is 2.82. The smallest absolute Gasteiger partial charge is 0.120 e. The molecule has 0 aromatic heterocycles. The van der Waals surface area contributed by atoms with E-state index in [1.807, 2.05) is 6.07 Å². The quantitative estimate of drug-likeness (QED) is 0.886. The van der Waals surface area contributed by atoms with Gasteiger partial charge < -0.3 is 15.0 Å². The summed E-state index contributed by atoms with van der Waals surface area (Å²) in [5, 5.41) is 3.56. The molecule has 1 aliphatic heterocycles. The molecule has 1 aromatic carbocycles. The Bertz CT molecular complexity index is 381. The van der Waals surface area contributed by atoms with Gasteiger partial charge in [0, 0.05) is 30.4 Å². The number of methoxy groups -OCH3 is 1. The topological polar surface area (TPSA) is 24.5 Å². The van der Waals surface area contributed by atoms with Crippen LogP contribution in [-0.2, 0) is 0 Å². The van der Waals surface area contributed by atoms with Crippen molar-refractivity contribution in [3.63, 3.8) is 0 Å². The molecule has 1 N–H and O–H groups in total. The van der Waals surface area contributed by atoms with Crippen LogP contribution in [0.15, 0.2) is 24.3 Å². The number of benzene rings is 1. The zero-order valence-electron chi connectivity index (χ0n) is 11.6. The number of nitrogens with zero attached hydrogens (tertiary/aromatic N) is 1. The van der Waals surface area contributed by atoms with Gasteiger partial charge in [-0.25, -0.2) is 0 Å². The third-order valence-electron chi connectivity index (χ3n) is 3.75. The van der Waals surface area contributed by atoms with E-state index in [0.717, 1.165) is 18.8 Å². The van der Waals surface area contributed by atoms with Crippen LogP contribution in [0.4, 0.5) is 5.69 Å². The average molecular weight is 248 g/mol. The van der Waals surface area contributed by atoms with Gasteiger partial charge in [-0.1, -0.05) is 13.0 Å². The molecule has 0 amide bonds. The van der Waals surface area contributed by atoms with E-state index >= 15 is 0 Å². The Morgan fingerprint density at radius 2 is 2.28 bits per heavy atom. The fourth-order valence-electron chi connectivity index (χ4n) is 2.82. The molecule has 3 nitrogen and oxygen atoms in total. The fraction of sp³-hybridized carbons (Fsp3) is 0.600. The maximum Gasteiger partial charge on any atom is 0.120 e. The molecule has 0 saturated carbocycles. The Morgan fingerprint density at radius 1 is 1.44 bits per heavy atom. The van der Waals surface area contributed by atoms with Crippen molar-refractivity contribution in [2.24, 2.45) is 0 Å². The van der Waals surface area contributed by atoms with Crippen LogP contribution in [0.25, 0.3) is 0 Å². The summed E-state index contributed by atoms with van der Waals surface area (Å²) in [5.41, 5.74) is 1.27. The minimum atomic E-state index is 0.579. The van der Waals surface area contributed by atoms with E-state index < -0.39 is 0 Å². The summed E-state index contributed by atoms with van der Waals surface area (Å²) in [6.45, 7) is 6.67. The zero-order chi connectivity index (χ0) is 13.0. The summed E-state index contributed by atoms with van der Waals surface area (Å²) in [5.74, 6) is 0.938. The maximum absolute atomic E-state index is 5.30. The number of anilines is 1. The molecule has 0 spiro atoms. The number of hydrogen-bond acceptors (Lipinski definition) is 3. The SMILES string of the molecule is CCNC1CCN(c2cccc(OC)c2)C(C)C1. The molecule has 1 heterocycles. The first-order chi connectivity index (χ1) is 8.74. The summed E-state index contributed by atoms with van der Waals surface area (Å²) in [4.78, 5) is 2.48. The van der Waals surface area contributed by atoms with Crippen LogP contribution >= 0.6 is 0 Å². The van der Waals surface area contributed by atoms with Crippen LogP contribution in [0.5, 0.6) is 5.75 Å². The summed E-state index contributed by atoms with van der Waals surface area (Å²) < 4.78 is 5.30. The van der Waals surface area contributed by atoms with Crippen LogP contribution in [0.1, 0.15) is 26.7 Å². The van der Waals surface area contributed by atoms with Gasteiger partial charge >= 0.3 is 0 Å². The van der Waals surface area contributed by atoms with Crippen molar-refractivity contribution in [3.8, 4) is 5.75 Å². The Hall–Kier alpha value is -1.22. The lowest BCUT2D eigenvalue weighted by Gasteiger charge is -2.39. The molecule has 0 bridgehead atoms. The van der Waals surface area contributed by atoms with Crippen molar-refractivity contribution >= 4 is 5.69 Å². The second-order valence-corrected chi connectivity index (χ2v) is 5.02. The highest BCUT2D eigenvalue weighted by atomic mass is 16.5. The molecule has 1 aromatic rings. The first-order valence-electron chi connectivity index (χ1n) is 6.88. The van der Waals surface area contributed by atoms with E-state index in [9.17, 15) is 0 Å². The largest absolute Gasteiger partial charge is 0.497 e. The van der Waals surface area contributed by atoms with Gasteiger partial charge in [-0.15, -0.1) is 0 Å². The lowest BCUT2D eigenvalue weighted by molar-refractivity contribution is 0.373. The van der Waals surface area contributed by atoms with E-state index in [1.165, 1.54) is 18.5 Å². The van der Waals surface area contributed by atoms with Gasteiger partial charge in [-0.2, -0.15) is 0 Å². The van der Waals surface area contributed by atoms with Gasteiger partial charge in [0.2, 0.25) is 0 Å². The van der Waals surface area contributed by atoms with E-state index in [4.69, 9.17) is 4.74 Å². The molecule has 1 saturated heterocycles. The van der Waals surface area contributed by atoms with E-state index in [2.05, 4.69) is 42.3 Å². The second-order valence-electron chi connectivity index (χ2n) is 5.02.